The Balaban J connectivity index is 2.89. The van der Waals surface area contributed by atoms with E-state index in [9.17, 15) is 0 Å². The normalized spacial score (nSPS) is 13.1. The zero-order valence-corrected chi connectivity index (χ0v) is 10.5. The van der Waals surface area contributed by atoms with E-state index >= 15 is 0 Å². The molecule has 0 saturated carbocycles. The molecule has 2 nitrogen and oxygen atoms in total. The first kappa shape index (κ1) is 11.4. The molecule has 2 N–H and O–H groups in total. The van der Waals surface area contributed by atoms with Crippen molar-refractivity contribution in [2.75, 3.05) is 0 Å². The van der Waals surface area contributed by atoms with E-state index in [0.717, 1.165) is 32.7 Å². The Bertz CT molecular complexity index is 547. The molecule has 0 amide bonds. The summed E-state index contributed by atoms with van der Waals surface area (Å²) in [5.74, 6) is 0. The molecule has 1 aromatic carbocycles. The molecule has 84 valence electrons. The standard InChI is InChI=1S/C13H15ClN2/c1-7-4-10(14)6-12-11(9(3)15)5-8(2)16-13(7)12/h4-6,9H,15H2,1-3H3. The summed E-state index contributed by atoms with van der Waals surface area (Å²) in [4.78, 5) is 4.55. The van der Waals surface area contributed by atoms with Crippen LogP contribution in [0.5, 0.6) is 0 Å². The fraction of sp³-hybridized carbons (Fsp3) is 0.308. The number of hydrogen-bond donors (Lipinski definition) is 1. The van der Waals surface area contributed by atoms with Crippen molar-refractivity contribution in [2.45, 2.75) is 26.8 Å². The van der Waals surface area contributed by atoms with E-state index in [0.29, 0.717) is 0 Å². The highest BCUT2D eigenvalue weighted by Crippen LogP contribution is 2.28. The summed E-state index contributed by atoms with van der Waals surface area (Å²) in [6.45, 7) is 5.98. The average molecular weight is 235 g/mol. The Morgan fingerprint density at radius 2 is 1.94 bits per heavy atom. The van der Waals surface area contributed by atoms with Gasteiger partial charge in [-0.05, 0) is 50.1 Å². The van der Waals surface area contributed by atoms with Gasteiger partial charge in [-0.3, -0.25) is 4.98 Å². The Morgan fingerprint density at radius 1 is 1.25 bits per heavy atom. The van der Waals surface area contributed by atoms with Crippen molar-refractivity contribution in [2.24, 2.45) is 5.73 Å². The fourth-order valence-corrected chi connectivity index (χ4v) is 2.26. The highest BCUT2D eigenvalue weighted by molar-refractivity contribution is 6.31. The number of nitrogens with zero attached hydrogens (tertiary/aromatic N) is 1. The molecular weight excluding hydrogens is 220 g/mol. The lowest BCUT2D eigenvalue weighted by Gasteiger charge is -2.12. The second-order valence-corrected chi connectivity index (χ2v) is 4.70. The van der Waals surface area contributed by atoms with Crippen LogP contribution in [0.2, 0.25) is 5.02 Å². The van der Waals surface area contributed by atoms with Crippen LogP contribution in [-0.2, 0) is 0 Å². The lowest BCUT2D eigenvalue weighted by atomic mass is 10.0. The molecule has 0 saturated heterocycles. The molecule has 0 fully saturated rings. The number of benzene rings is 1. The largest absolute Gasteiger partial charge is 0.324 e. The summed E-state index contributed by atoms with van der Waals surface area (Å²) in [6, 6.07) is 5.89. The molecule has 16 heavy (non-hydrogen) atoms. The second-order valence-electron chi connectivity index (χ2n) is 4.26. The third kappa shape index (κ3) is 1.91. The van der Waals surface area contributed by atoms with E-state index in [1.165, 1.54) is 0 Å². The number of halogens is 1. The van der Waals surface area contributed by atoms with Crippen LogP contribution in [0.1, 0.15) is 29.8 Å². The topological polar surface area (TPSA) is 38.9 Å². The third-order valence-electron chi connectivity index (χ3n) is 2.72. The lowest BCUT2D eigenvalue weighted by molar-refractivity contribution is 0.823. The molecule has 2 aromatic rings. The van der Waals surface area contributed by atoms with Crippen LogP contribution in [0, 0.1) is 13.8 Å². The molecule has 1 aromatic heterocycles. The quantitative estimate of drug-likeness (QED) is 0.820. The second kappa shape index (κ2) is 4.04. The van der Waals surface area contributed by atoms with Gasteiger partial charge in [-0.2, -0.15) is 0 Å². The van der Waals surface area contributed by atoms with Gasteiger partial charge in [0, 0.05) is 22.1 Å². The first-order valence-electron chi connectivity index (χ1n) is 5.32. The first-order valence-corrected chi connectivity index (χ1v) is 5.70. The van der Waals surface area contributed by atoms with E-state index in [-0.39, 0.29) is 6.04 Å². The van der Waals surface area contributed by atoms with Crippen molar-refractivity contribution in [1.82, 2.24) is 4.98 Å². The maximum Gasteiger partial charge on any atom is 0.0738 e. The monoisotopic (exact) mass is 234 g/mol. The Hall–Kier alpha value is -1.12. The minimum Gasteiger partial charge on any atom is -0.324 e. The van der Waals surface area contributed by atoms with Gasteiger partial charge in [0.25, 0.3) is 0 Å². The highest BCUT2D eigenvalue weighted by Gasteiger charge is 2.10. The number of pyridine rings is 1. The van der Waals surface area contributed by atoms with Crippen molar-refractivity contribution < 1.29 is 0 Å². The van der Waals surface area contributed by atoms with Crippen molar-refractivity contribution in [3.8, 4) is 0 Å². The minimum absolute atomic E-state index is 0.0120. The molecule has 1 unspecified atom stereocenters. The molecule has 1 atom stereocenters. The van der Waals surface area contributed by atoms with Crippen molar-refractivity contribution in [3.63, 3.8) is 0 Å². The molecule has 0 bridgehead atoms. The van der Waals surface area contributed by atoms with Crippen LogP contribution in [0.3, 0.4) is 0 Å². The molecule has 0 aliphatic rings. The summed E-state index contributed by atoms with van der Waals surface area (Å²) in [7, 11) is 0. The first-order chi connectivity index (χ1) is 7.49. The van der Waals surface area contributed by atoms with Gasteiger partial charge in [0.1, 0.15) is 0 Å². The average Bonchev–Trinajstić information content (AvgIpc) is 2.18. The van der Waals surface area contributed by atoms with Gasteiger partial charge < -0.3 is 5.73 Å². The number of aromatic nitrogens is 1. The molecule has 1 heterocycles. The van der Waals surface area contributed by atoms with Gasteiger partial charge >= 0.3 is 0 Å². The predicted octanol–water partition coefficient (Wildman–Crippen LogP) is 3.52. The molecule has 0 spiro atoms. The van der Waals surface area contributed by atoms with Crippen molar-refractivity contribution in [1.29, 1.82) is 0 Å². The Morgan fingerprint density at radius 3 is 2.56 bits per heavy atom. The fourth-order valence-electron chi connectivity index (χ4n) is 1.99. The van der Waals surface area contributed by atoms with Gasteiger partial charge in [-0.15, -0.1) is 0 Å². The molecule has 0 aliphatic carbocycles. The van der Waals surface area contributed by atoms with E-state index in [1.54, 1.807) is 0 Å². The van der Waals surface area contributed by atoms with E-state index < -0.39 is 0 Å². The number of fused-ring (bicyclic) bond motifs is 1. The molecular formula is C13H15ClN2. The van der Waals surface area contributed by atoms with Crippen LogP contribution >= 0.6 is 11.6 Å². The van der Waals surface area contributed by atoms with Crippen molar-refractivity contribution in [3.05, 3.63) is 40.0 Å². The van der Waals surface area contributed by atoms with Crippen LogP contribution in [0.4, 0.5) is 0 Å². The maximum absolute atomic E-state index is 6.07. The predicted molar refractivity (Wildman–Crippen MR) is 68.8 cm³/mol. The van der Waals surface area contributed by atoms with Crippen LogP contribution in [0.15, 0.2) is 18.2 Å². The SMILES string of the molecule is Cc1cc(C(C)N)c2cc(Cl)cc(C)c2n1. The van der Waals surface area contributed by atoms with Gasteiger partial charge in [-0.1, -0.05) is 11.6 Å². The Kier molecular flexibility index (Phi) is 2.87. The summed E-state index contributed by atoms with van der Waals surface area (Å²) < 4.78 is 0. The zero-order chi connectivity index (χ0) is 11.9. The van der Waals surface area contributed by atoms with Gasteiger partial charge in [0.15, 0.2) is 0 Å². The van der Waals surface area contributed by atoms with E-state index in [1.807, 2.05) is 39.0 Å². The summed E-state index contributed by atoms with van der Waals surface area (Å²) in [5.41, 5.74) is 10.2. The summed E-state index contributed by atoms with van der Waals surface area (Å²) >= 11 is 6.07. The van der Waals surface area contributed by atoms with E-state index in [2.05, 4.69) is 4.98 Å². The van der Waals surface area contributed by atoms with Crippen LogP contribution in [0.25, 0.3) is 10.9 Å². The number of hydrogen-bond acceptors (Lipinski definition) is 2. The molecule has 0 radical (unpaired) electrons. The highest BCUT2D eigenvalue weighted by atomic mass is 35.5. The molecule has 3 heteroatoms. The lowest BCUT2D eigenvalue weighted by Crippen LogP contribution is -2.07. The van der Waals surface area contributed by atoms with E-state index in [4.69, 9.17) is 17.3 Å². The smallest absolute Gasteiger partial charge is 0.0738 e. The third-order valence-corrected chi connectivity index (χ3v) is 2.94. The Labute approximate surface area is 100 Å². The number of nitrogens with two attached hydrogens (primary N) is 1. The molecule has 2 rings (SSSR count). The summed E-state index contributed by atoms with van der Waals surface area (Å²) in [6.07, 6.45) is 0. The maximum atomic E-state index is 6.07. The van der Waals surface area contributed by atoms with Gasteiger partial charge in [0.05, 0.1) is 5.52 Å². The van der Waals surface area contributed by atoms with Crippen molar-refractivity contribution >= 4 is 22.5 Å². The number of rotatable bonds is 1. The number of aryl methyl sites for hydroxylation is 2. The van der Waals surface area contributed by atoms with Crippen LogP contribution in [-0.4, -0.2) is 4.98 Å². The van der Waals surface area contributed by atoms with Gasteiger partial charge in [-0.25, -0.2) is 0 Å². The summed E-state index contributed by atoms with van der Waals surface area (Å²) in [5, 5.41) is 1.79. The van der Waals surface area contributed by atoms with Crippen LogP contribution < -0.4 is 5.73 Å². The minimum atomic E-state index is -0.0120. The molecule has 0 aliphatic heterocycles. The van der Waals surface area contributed by atoms with Gasteiger partial charge in [0.2, 0.25) is 0 Å². The zero-order valence-electron chi connectivity index (χ0n) is 9.71.